The van der Waals surface area contributed by atoms with E-state index in [-0.39, 0.29) is 6.10 Å². The van der Waals surface area contributed by atoms with Gasteiger partial charge in [-0.1, -0.05) is 31.2 Å². The van der Waals surface area contributed by atoms with Gasteiger partial charge in [-0.25, -0.2) is 0 Å². The van der Waals surface area contributed by atoms with Crippen molar-refractivity contribution in [3.8, 4) is 5.75 Å². The number of allylic oxidation sites excluding steroid dienone is 2. The summed E-state index contributed by atoms with van der Waals surface area (Å²) in [4.78, 5) is 2.55. The zero-order valence-electron chi connectivity index (χ0n) is 13.4. The standard InChI is InChI=1S/C19H26N2O/c1-15-13-21(14-16-6-3-2-4-7-16)11-10-19(15)22-18-9-5-8-17(20)12-18/h3,5-9,12,15,19H,2,4,10-11,13-14,20H2,1H3. The molecule has 2 atom stereocenters. The van der Waals surface area contributed by atoms with Gasteiger partial charge in [0.05, 0.1) is 0 Å². The quantitative estimate of drug-likeness (QED) is 0.863. The summed E-state index contributed by atoms with van der Waals surface area (Å²) in [6.07, 6.45) is 10.7. The normalized spacial score (nSPS) is 25.8. The van der Waals surface area contributed by atoms with Crippen molar-refractivity contribution >= 4 is 5.69 Å². The maximum Gasteiger partial charge on any atom is 0.121 e. The van der Waals surface area contributed by atoms with Gasteiger partial charge in [-0.2, -0.15) is 0 Å². The molecule has 118 valence electrons. The fraction of sp³-hybridized carbons (Fsp3) is 0.474. The molecule has 1 saturated heterocycles. The Balaban J connectivity index is 1.53. The molecule has 22 heavy (non-hydrogen) atoms. The SMILES string of the molecule is CC1CN(CC2=CCCC=C2)CCC1Oc1cccc(N)c1. The molecule has 1 aliphatic heterocycles. The number of nitrogens with two attached hydrogens (primary N) is 1. The summed E-state index contributed by atoms with van der Waals surface area (Å²) in [5.74, 6) is 1.42. The average Bonchev–Trinajstić information content (AvgIpc) is 2.51. The van der Waals surface area contributed by atoms with E-state index in [1.54, 1.807) is 0 Å². The van der Waals surface area contributed by atoms with Crippen LogP contribution < -0.4 is 10.5 Å². The first-order valence-corrected chi connectivity index (χ1v) is 8.31. The number of nitrogens with zero attached hydrogens (tertiary/aromatic N) is 1. The zero-order valence-corrected chi connectivity index (χ0v) is 13.4. The predicted octanol–water partition coefficient (Wildman–Crippen LogP) is 3.63. The zero-order chi connectivity index (χ0) is 15.4. The van der Waals surface area contributed by atoms with Gasteiger partial charge < -0.3 is 10.5 Å². The van der Waals surface area contributed by atoms with Gasteiger partial charge in [0.15, 0.2) is 0 Å². The summed E-state index contributed by atoms with van der Waals surface area (Å²) < 4.78 is 6.15. The summed E-state index contributed by atoms with van der Waals surface area (Å²) in [7, 11) is 0. The van der Waals surface area contributed by atoms with Crippen molar-refractivity contribution in [1.82, 2.24) is 4.90 Å². The third-order valence-corrected chi connectivity index (χ3v) is 4.53. The van der Waals surface area contributed by atoms with E-state index in [2.05, 4.69) is 30.1 Å². The van der Waals surface area contributed by atoms with E-state index in [9.17, 15) is 0 Å². The summed E-state index contributed by atoms with van der Waals surface area (Å²) in [5, 5.41) is 0. The number of piperidine rings is 1. The highest BCUT2D eigenvalue weighted by atomic mass is 16.5. The molecule has 1 aliphatic carbocycles. The minimum absolute atomic E-state index is 0.286. The molecule has 0 radical (unpaired) electrons. The Hall–Kier alpha value is -1.74. The minimum Gasteiger partial charge on any atom is -0.490 e. The number of likely N-dealkylation sites (tertiary alicyclic amines) is 1. The molecular weight excluding hydrogens is 272 g/mol. The van der Waals surface area contributed by atoms with Crippen molar-refractivity contribution in [2.45, 2.75) is 32.3 Å². The Morgan fingerprint density at radius 1 is 1.32 bits per heavy atom. The first-order valence-electron chi connectivity index (χ1n) is 8.31. The van der Waals surface area contributed by atoms with Gasteiger partial charge in [-0.15, -0.1) is 0 Å². The van der Waals surface area contributed by atoms with Crippen molar-refractivity contribution in [3.05, 3.63) is 48.1 Å². The molecule has 2 unspecified atom stereocenters. The monoisotopic (exact) mass is 298 g/mol. The number of benzene rings is 1. The largest absolute Gasteiger partial charge is 0.490 e. The fourth-order valence-corrected chi connectivity index (χ4v) is 3.33. The molecule has 0 bridgehead atoms. The summed E-state index contributed by atoms with van der Waals surface area (Å²) in [5.41, 5.74) is 8.05. The second-order valence-corrected chi connectivity index (χ2v) is 6.49. The van der Waals surface area contributed by atoms with Gasteiger partial charge in [-0.05, 0) is 37.0 Å². The minimum atomic E-state index is 0.286. The van der Waals surface area contributed by atoms with Crippen LogP contribution in [0.5, 0.6) is 5.75 Å². The van der Waals surface area contributed by atoms with E-state index in [0.29, 0.717) is 5.92 Å². The van der Waals surface area contributed by atoms with Crippen LogP contribution in [0.2, 0.25) is 0 Å². The first-order chi connectivity index (χ1) is 10.7. The lowest BCUT2D eigenvalue weighted by molar-refractivity contribution is 0.0569. The maximum atomic E-state index is 6.15. The number of nitrogen functional groups attached to an aromatic ring is 1. The number of ether oxygens (including phenoxy) is 1. The average molecular weight is 298 g/mol. The van der Waals surface area contributed by atoms with Crippen LogP contribution in [-0.4, -0.2) is 30.6 Å². The van der Waals surface area contributed by atoms with Crippen LogP contribution in [-0.2, 0) is 0 Å². The van der Waals surface area contributed by atoms with Gasteiger partial charge in [0.2, 0.25) is 0 Å². The van der Waals surface area contributed by atoms with Crippen molar-refractivity contribution in [2.75, 3.05) is 25.4 Å². The van der Waals surface area contributed by atoms with Crippen LogP contribution in [0.1, 0.15) is 26.2 Å². The van der Waals surface area contributed by atoms with E-state index in [1.807, 2.05) is 24.3 Å². The summed E-state index contributed by atoms with van der Waals surface area (Å²) >= 11 is 0. The highest BCUT2D eigenvalue weighted by molar-refractivity contribution is 5.43. The van der Waals surface area contributed by atoms with E-state index in [0.717, 1.165) is 37.5 Å². The third-order valence-electron chi connectivity index (χ3n) is 4.53. The van der Waals surface area contributed by atoms with Crippen LogP contribution >= 0.6 is 0 Å². The van der Waals surface area contributed by atoms with E-state index < -0.39 is 0 Å². The number of anilines is 1. The Labute approximate surface area is 133 Å². The van der Waals surface area contributed by atoms with Gasteiger partial charge in [0.25, 0.3) is 0 Å². The second kappa shape index (κ2) is 7.01. The molecule has 1 heterocycles. The summed E-state index contributed by atoms with van der Waals surface area (Å²) in [6.45, 7) is 5.56. The van der Waals surface area contributed by atoms with E-state index in [4.69, 9.17) is 10.5 Å². The number of hydrogen-bond donors (Lipinski definition) is 1. The molecule has 3 rings (SSSR count). The molecule has 1 aromatic carbocycles. The molecule has 1 aromatic rings. The van der Waals surface area contributed by atoms with Crippen LogP contribution in [0, 0.1) is 5.92 Å². The van der Waals surface area contributed by atoms with Crippen LogP contribution in [0.3, 0.4) is 0 Å². The molecule has 0 amide bonds. The Morgan fingerprint density at radius 3 is 2.95 bits per heavy atom. The van der Waals surface area contributed by atoms with Crippen LogP contribution in [0.4, 0.5) is 5.69 Å². The highest BCUT2D eigenvalue weighted by Crippen LogP contribution is 2.25. The van der Waals surface area contributed by atoms with Crippen molar-refractivity contribution < 1.29 is 4.74 Å². The molecule has 0 aromatic heterocycles. The van der Waals surface area contributed by atoms with Crippen molar-refractivity contribution in [1.29, 1.82) is 0 Å². The lowest BCUT2D eigenvalue weighted by atomic mass is 9.95. The Kier molecular flexibility index (Phi) is 4.84. The molecule has 3 heteroatoms. The van der Waals surface area contributed by atoms with Crippen molar-refractivity contribution in [2.24, 2.45) is 5.92 Å². The van der Waals surface area contributed by atoms with E-state index >= 15 is 0 Å². The van der Waals surface area contributed by atoms with Crippen molar-refractivity contribution in [3.63, 3.8) is 0 Å². The molecular formula is C19H26N2O. The molecule has 1 fully saturated rings. The Morgan fingerprint density at radius 2 is 2.23 bits per heavy atom. The molecule has 0 saturated carbocycles. The van der Waals surface area contributed by atoms with Gasteiger partial charge in [0.1, 0.15) is 11.9 Å². The molecule has 3 nitrogen and oxygen atoms in total. The topological polar surface area (TPSA) is 38.5 Å². The highest BCUT2D eigenvalue weighted by Gasteiger charge is 2.27. The van der Waals surface area contributed by atoms with Gasteiger partial charge in [0, 0.05) is 37.3 Å². The van der Waals surface area contributed by atoms with Gasteiger partial charge in [-0.3, -0.25) is 4.90 Å². The maximum absolute atomic E-state index is 6.15. The third kappa shape index (κ3) is 3.92. The van der Waals surface area contributed by atoms with E-state index in [1.165, 1.54) is 18.4 Å². The smallest absolute Gasteiger partial charge is 0.121 e. The lowest BCUT2D eigenvalue weighted by Crippen LogP contribution is -2.44. The predicted molar refractivity (Wildman–Crippen MR) is 91.9 cm³/mol. The molecule has 2 N–H and O–H groups in total. The van der Waals surface area contributed by atoms with Crippen LogP contribution in [0.25, 0.3) is 0 Å². The number of rotatable bonds is 4. The second-order valence-electron chi connectivity index (χ2n) is 6.49. The molecule has 2 aliphatic rings. The summed E-state index contributed by atoms with van der Waals surface area (Å²) in [6, 6.07) is 7.75. The van der Waals surface area contributed by atoms with Gasteiger partial charge >= 0.3 is 0 Å². The van der Waals surface area contributed by atoms with Crippen LogP contribution in [0.15, 0.2) is 48.1 Å². The molecule has 0 spiro atoms. The fourth-order valence-electron chi connectivity index (χ4n) is 3.33. The first kappa shape index (κ1) is 15.2. The Bertz CT molecular complexity index is 564. The number of hydrogen-bond acceptors (Lipinski definition) is 3. The lowest BCUT2D eigenvalue weighted by Gasteiger charge is -2.37.